The molecule has 25 heavy (non-hydrogen) atoms. The van der Waals surface area contributed by atoms with Gasteiger partial charge in [0.05, 0.1) is 23.1 Å². The molecule has 0 aliphatic carbocycles. The van der Waals surface area contributed by atoms with E-state index in [1.54, 1.807) is 24.3 Å². The third-order valence-corrected chi connectivity index (χ3v) is 4.20. The molecule has 0 bridgehead atoms. The highest BCUT2D eigenvalue weighted by Gasteiger charge is 2.14. The molecule has 0 saturated carbocycles. The number of carbonyl (C=O) groups excluding carboxylic acids is 2. The molecule has 2 aromatic rings. The molecule has 0 fully saturated rings. The summed E-state index contributed by atoms with van der Waals surface area (Å²) in [5.41, 5.74) is 6.57. The maximum absolute atomic E-state index is 12.0. The van der Waals surface area contributed by atoms with E-state index in [-0.39, 0.29) is 17.0 Å². The average Bonchev–Trinajstić information content (AvgIpc) is 2.59. The van der Waals surface area contributed by atoms with Crippen molar-refractivity contribution in [3.8, 4) is 6.07 Å². The molecule has 2 rings (SSSR count). The van der Waals surface area contributed by atoms with Gasteiger partial charge in [0.2, 0.25) is 0 Å². The van der Waals surface area contributed by atoms with Crippen LogP contribution in [0.2, 0.25) is 5.02 Å². The number of nitriles is 1. The van der Waals surface area contributed by atoms with Crippen LogP contribution in [0.5, 0.6) is 0 Å². The molecule has 128 valence electrons. The van der Waals surface area contributed by atoms with Crippen LogP contribution in [-0.2, 0) is 9.53 Å². The summed E-state index contributed by atoms with van der Waals surface area (Å²) < 4.78 is 4.97. The summed E-state index contributed by atoms with van der Waals surface area (Å²) in [6, 6.07) is 13.5. The van der Waals surface area contributed by atoms with Gasteiger partial charge in [0.15, 0.2) is 6.61 Å². The van der Waals surface area contributed by atoms with Crippen LogP contribution >= 0.6 is 23.4 Å². The van der Waals surface area contributed by atoms with Crippen molar-refractivity contribution in [2.75, 3.05) is 23.4 Å². The highest BCUT2D eigenvalue weighted by atomic mass is 35.5. The van der Waals surface area contributed by atoms with Gasteiger partial charge in [-0.25, -0.2) is 4.79 Å². The van der Waals surface area contributed by atoms with Crippen LogP contribution < -0.4 is 11.1 Å². The monoisotopic (exact) mass is 375 g/mol. The molecule has 0 aliphatic rings. The number of nitrogens with zero attached hydrogens (tertiary/aromatic N) is 1. The Morgan fingerprint density at radius 1 is 1.28 bits per heavy atom. The Bertz CT molecular complexity index is 836. The van der Waals surface area contributed by atoms with Gasteiger partial charge in [0.1, 0.15) is 0 Å². The van der Waals surface area contributed by atoms with Gasteiger partial charge < -0.3 is 15.8 Å². The minimum atomic E-state index is -0.712. The van der Waals surface area contributed by atoms with Gasteiger partial charge in [-0.3, -0.25) is 4.79 Å². The minimum absolute atomic E-state index is 0.141. The molecule has 3 N–H and O–H groups in total. The number of amides is 1. The van der Waals surface area contributed by atoms with Crippen molar-refractivity contribution in [2.45, 2.75) is 4.90 Å². The number of rotatable bonds is 6. The predicted octanol–water partition coefficient (Wildman–Crippen LogP) is 3.33. The van der Waals surface area contributed by atoms with Crippen LogP contribution in [0, 0.1) is 11.3 Å². The molecule has 6 nitrogen and oxygen atoms in total. The van der Waals surface area contributed by atoms with E-state index in [2.05, 4.69) is 5.32 Å². The zero-order valence-electron chi connectivity index (χ0n) is 13.0. The minimum Gasteiger partial charge on any atom is -0.452 e. The Balaban J connectivity index is 1.95. The Hall–Kier alpha value is -2.69. The van der Waals surface area contributed by atoms with Crippen LogP contribution in [-0.4, -0.2) is 24.2 Å². The summed E-state index contributed by atoms with van der Waals surface area (Å²) in [7, 11) is 0. The second-order valence-corrected chi connectivity index (χ2v) is 6.25. The van der Waals surface area contributed by atoms with E-state index in [0.29, 0.717) is 10.7 Å². The lowest BCUT2D eigenvalue weighted by atomic mass is 10.2. The summed E-state index contributed by atoms with van der Waals surface area (Å²) in [5, 5.41) is 11.7. The van der Waals surface area contributed by atoms with Gasteiger partial charge in [0.25, 0.3) is 5.91 Å². The van der Waals surface area contributed by atoms with Crippen LogP contribution in [0.3, 0.4) is 0 Å². The molecule has 0 radical (unpaired) electrons. The lowest BCUT2D eigenvalue weighted by molar-refractivity contribution is -0.119. The lowest BCUT2D eigenvalue weighted by Gasteiger charge is -2.10. The number of thioether (sulfide) groups is 1. The normalized spacial score (nSPS) is 9.92. The third kappa shape index (κ3) is 5.41. The fourth-order valence-electron chi connectivity index (χ4n) is 1.92. The quantitative estimate of drug-likeness (QED) is 0.455. The first-order valence-corrected chi connectivity index (χ1v) is 8.48. The van der Waals surface area contributed by atoms with Crippen LogP contribution in [0.4, 0.5) is 11.4 Å². The molecule has 0 atom stereocenters. The lowest BCUT2D eigenvalue weighted by Crippen LogP contribution is -2.21. The summed E-state index contributed by atoms with van der Waals surface area (Å²) in [4.78, 5) is 24.7. The smallest absolute Gasteiger partial charge is 0.340 e. The average molecular weight is 376 g/mol. The number of ether oxygens (including phenoxy) is 1. The van der Waals surface area contributed by atoms with Crippen molar-refractivity contribution >= 4 is 46.6 Å². The molecular formula is C17H14ClN3O3S. The highest BCUT2D eigenvalue weighted by molar-refractivity contribution is 7.99. The molecule has 8 heteroatoms. The van der Waals surface area contributed by atoms with Gasteiger partial charge in [-0.15, -0.1) is 11.8 Å². The number of para-hydroxylation sites is 1. The Kier molecular flexibility index (Phi) is 6.69. The van der Waals surface area contributed by atoms with E-state index < -0.39 is 18.5 Å². The number of nitrogen functional groups attached to an aromatic ring is 1. The van der Waals surface area contributed by atoms with E-state index in [9.17, 15) is 9.59 Å². The van der Waals surface area contributed by atoms with Gasteiger partial charge >= 0.3 is 5.97 Å². The van der Waals surface area contributed by atoms with Crippen molar-refractivity contribution in [1.82, 2.24) is 0 Å². The van der Waals surface area contributed by atoms with Crippen molar-refractivity contribution in [1.29, 1.82) is 5.26 Å². The van der Waals surface area contributed by atoms with Crippen LogP contribution in [0.1, 0.15) is 10.4 Å². The van der Waals surface area contributed by atoms with Crippen molar-refractivity contribution in [2.24, 2.45) is 0 Å². The van der Waals surface area contributed by atoms with Crippen molar-refractivity contribution in [3.63, 3.8) is 0 Å². The van der Waals surface area contributed by atoms with E-state index >= 15 is 0 Å². The van der Waals surface area contributed by atoms with Gasteiger partial charge in [0, 0.05) is 15.6 Å². The predicted molar refractivity (Wildman–Crippen MR) is 97.6 cm³/mol. The largest absolute Gasteiger partial charge is 0.452 e. The number of esters is 1. The van der Waals surface area contributed by atoms with Crippen molar-refractivity contribution < 1.29 is 14.3 Å². The molecule has 2 aromatic carbocycles. The first kappa shape index (κ1) is 18.6. The Morgan fingerprint density at radius 2 is 2.04 bits per heavy atom. The topological polar surface area (TPSA) is 105 Å². The molecule has 0 aliphatic heterocycles. The Morgan fingerprint density at radius 3 is 2.76 bits per heavy atom. The van der Waals surface area contributed by atoms with Gasteiger partial charge in [-0.2, -0.15) is 5.26 Å². The SMILES string of the molecule is N#CCSc1ccccc1NC(=O)COC(=O)c1ccc(Cl)cc1N. The van der Waals surface area contributed by atoms with E-state index in [4.69, 9.17) is 27.3 Å². The zero-order valence-corrected chi connectivity index (χ0v) is 14.6. The number of carbonyl (C=O) groups is 2. The van der Waals surface area contributed by atoms with E-state index in [0.717, 1.165) is 4.90 Å². The van der Waals surface area contributed by atoms with E-state index in [1.807, 2.05) is 6.07 Å². The summed E-state index contributed by atoms with van der Waals surface area (Å²) >= 11 is 7.07. The fraction of sp³-hybridized carbons (Fsp3) is 0.118. The number of hydrogen-bond acceptors (Lipinski definition) is 6. The summed E-state index contributed by atoms with van der Waals surface area (Å²) in [6.07, 6.45) is 0. The highest BCUT2D eigenvalue weighted by Crippen LogP contribution is 2.26. The molecule has 0 saturated heterocycles. The second kappa shape index (κ2) is 8.97. The molecule has 1 amide bonds. The van der Waals surface area contributed by atoms with Crippen molar-refractivity contribution in [3.05, 3.63) is 53.1 Å². The molecule has 0 aromatic heterocycles. The second-order valence-electron chi connectivity index (χ2n) is 4.80. The van der Waals surface area contributed by atoms with Gasteiger partial charge in [-0.05, 0) is 30.3 Å². The Labute approximate surface area is 153 Å². The number of anilines is 2. The standard InChI is InChI=1S/C17H14ClN3O3S/c18-11-5-6-12(13(20)9-11)17(23)24-10-16(22)21-14-3-1-2-4-15(14)25-8-7-19/h1-6,9H,8,10,20H2,(H,21,22). The molecule has 0 spiro atoms. The molecular weight excluding hydrogens is 362 g/mol. The van der Waals surface area contributed by atoms with Gasteiger partial charge in [-0.1, -0.05) is 23.7 Å². The number of nitrogens with one attached hydrogen (secondary N) is 1. The molecule has 0 heterocycles. The molecule has 0 unspecified atom stereocenters. The number of nitrogens with two attached hydrogens (primary N) is 1. The third-order valence-electron chi connectivity index (χ3n) is 3.02. The van der Waals surface area contributed by atoms with Crippen LogP contribution in [0.15, 0.2) is 47.4 Å². The first-order valence-electron chi connectivity index (χ1n) is 7.12. The first-order chi connectivity index (χ1) is 12.0. The van der Waals surface area contributed by atoms with Crippen LogP contribution in [0.25, 0.3) is 0 Å². The number of hydrogen-bond donors (Lipinski definition) is 2. The maximum atomic E-state index is 12.0. The summed E-state index contributed by atoms with van der Waals surface area (Å²) in [5.74, 6) is -0.945. The zero-order chi connectivity index (χ0) is 18.2. The maximum Gasteiger partial charge on any atom is 0.340 e. The fourth-order valence-corrected chi connectivity index (χ4v) is 2.77. The summed E-state index contributed by atoms with van der Waals surface area (Å²) in [6.45, 7) is -0.460. The number of halogens is 1. The number of benzene rings is 2. The van der Waals surface area contributed by atoms with E-state index in [1.165, 1.54) is 30.0 Å².